The van der Waals surface area contributed by atoms with Gasteiger partial charge in [0.15, 0.2) is 0 Å². The summed E-state index contributed by atoms with van der Waals surface area (Å²) in [4.78, 5) is 27.9. The van der Waals surface area contributed by atoms with Crippen LogP contribution in [0.4, 0.5) is 0 Å². The Balaban J connectivity index is 1.78. The van der Waals surface area contributed by atoms with Crippen LogP contribution in [0.15, 0.2) is 54.1 Å². The summed E-state index contributed by atoms with van der Waals surface area (Å²) in [5.74, 6) is -0.0492. The molecular formula is C27H31NO6. The van der Waals surface area contributed by atoms with Crippen molar-refractivity contribution >= 4 is 17.4 Å². The van der Waals surface area contributed by atoms with E-state index in [1.165, 1.54) is 4.90 Å². The maximum absolute atomic E-state index is 13.2. The molecule has 2 unspecified atom stereocenters. The third kappa shape index (κ3) is 4.94. The molecule has 0 bridgehead atoms. The quantitative estimate of drug-likeness (QED) is 0.355. The van der Waals surface area contributed by atoms with E-state index in [0.717, 1.165) is 12.8 Å². The van der Waals surface area contributed by atoms with E-state index < -0.39 is 17.7 Å². The number of amides is 1. The predicted octanol–water partition coefficient (Wildman–Crippen LogP) is 4.33. The molecule has 4 rings (SSSR count). The lowest BCUT2D eigenvalue weighted by atomic mass is 9.95. The van der Waals surface area contributed by atoms with E-state index in [9.17, 15) is 14.7 Å². The van der Waals surface area contributed by atoms with Crippen LogP contribution in [0.2, 0.25) is 0 Å². The first-order chi connectivity index (χ1) is 16.4. The van der Waals surface area contributed by atoms with E-state index in [0.29, 0.717) is 41.8 Å². The number of aliphatic hydroxyl groups excluding tert-OH is 1. The summed E-state index contributed by atoms with van der Waals surface area (Å²) >= 11 is 0. The molecule has 2 aliphatic rings. The van der Waals surface area contributed by atoms with E-state index in [4.69, 9.17) is 14.2 Å². The van der Waals surface area contributed by atoms with Crippen molar-refractivity contribution in [3.63, 3.8) is 0 Å². The highest BCUT2D eigenvalue weighted by atomic mass is 16.5. The molecule has 1 N–H and O–H groups in total. The molecule has 2 heterocycles. The molecule has 34 heavy (non-hydrogen) atoms. The fraction of sp³-hybridized carbons (Fsp3) is 0.407. The highest BCUT2D eigenvalue weighted by Gasteiger charge is 2.47. The third-order valence-electron chi connectivity index (χ3n) is 6.06. The summed E-state index contributed by atoms with van der Waals surface area (Å²) in [6, 6.07) is 13.4. The van der Waals surface area contributed by atoms with Crippen LogP contribution >= 0.6 is 0 Å². The fourth-order valence-corrected chi connectivity index (χ4v) is 4.39. The normalized spacial score (nSPS) is 21.9. The number of Topliss-reactive ketones (excluding diaryl/α,β-unsaturated/α-hetero) is 1. The van der Waals surface area contributed by atoms with Crippen molar-refractivity contribution in [1.29, 1.82) is 0 Å². The number of carbonyl (C=O) groups excluding carboxylic acids is 2. The number of ketones is 1. The van der Waals surface area contributed by atoms with Crippen molar-refractivity contribution in [3.05, 3.63) is 65.2 Å². The Morgan fingerprint density at radius 2 is 1.91 bits per heavy atom. The van der Waals surface area contributed by atoms with Crippen molar-refractivity contribution < 1.29 is 28.9 Å². The number of methoxy groups -OCH3 is 1. The van der Waals surface area contributed by atoms with Gasteiger partial charge in [0.05, 0.1) is 31.4 Å². The van der Waals surface area contributed by atoms with E-state index in [1.54, 1.807) is 49.6 Å². The molecular weight excluding hydrogens is 434 g/mol. The van der Waals surface area contributed by atoms with Gasteiger partial charge in [-0.2, -0.15) is 0 Å². The fourth-order valence-electron chi connectivity index (χ4n) is 4.39. The van der Waals surface area contributed by atoms with E-state index in [2.05, 4.69) is 0 Å². The van der Waals surface area contributed by atoms with Crippen molar-refractivity contribution in [3.8, 4) is 11.5 Å². The molecule has 0 saturated carbocycles. The lowest BCUT2D eigenvalue weighted by Crippen LogP contribution is -2.36. The standard InChI is InChI=1S/C27H31NO6/c1-17(2)16-34-21-10-5-8-19(14-21)25(29)23-24(18-7-4-9-20(13-18)32-3)28(27(31)26(23)30)15-22-11-6-12-33-22/h4-5,7-10,13-14,17,22,24,29H,6,11-12,15-16H2,1-3H3/b25-23-. The molecule has 2 fully saturated rings. The largest absolute Gasteiger partial charge is 0.507 e. The minimum atomic E-state index is -0.750. The van der Waals surface area contributed by atoms with Gasteiger partial charge in [-0.05, 0) is 48.6 Å². The van der Waals surface area contributed by atoms with Gasteiger partial charge in [0.1, 0.15) is 17.3 Å². The minimum Gasteiger partial charge on any atom is -0.507 e. The highest BCUT2D eigenvalue weighted by molar-refractivity contribution is 6.46. The zero-order valence-corrected chi connectivity index (χ0v) is 19.8. The van der Waals surface area contributed by atoms with E-state index >= 15 is 0 Å². The van der Waals surface area contributed by atoms with Gasteiger partial charge in [-0.25, -0.2) is 0 Å². The van der Waals surface area contributed by atoms with E-state index in [-0.39, 0.29) is 24.0 Å². The maximum atomic E-state index is 13.2. The molecule has 2 aliphatic heterocycles. The van der Waals surface area contributed by atoms with Crippen LogP contribution < -0.4 is 9.47 Å². The molecule has 0 aliphatic carbocycles. The number of hydrogen-bond donors (Lipinski definition) is 1. The summed E-state index contributed by atoms with van der Waals surface area (Å²) in [5.41, 5.74) is 1.16. The van der Waals surface area contributed by atoms with Gasteiger partial charge in [0.2, 0.25) is 0 Å². The molecule has 2 aromatic carbocycles. The Labute approximate surface area is 199 Å². The Hall–Kier alpha value is -3.32. The van der Waals surface area contributed by atoms with Crippen LogP contribution in [0, 0.1) is 5.92 Å². The molecule has 1 amide bonds. The van der Waals surface area contributed by atoms with Crippen molar-refractivity contribution in [2.45, 2.75) is 38.8 Å². The number of aliphatic hydroxyl groups is 1. The summed E-state index contributed by atoms with van der Waals surface area (Å²) in [6.45, 7) is 5.54. The minimum absolute atomic E-state index is 0.0530. The van der Waals surface area contributed by atoms with Crippen LogP contribution in [0.3, 0.4) is 0 Å². The van der Waals surface area contributed by atoms with Gasteiger partial charge in [0, 0.05) is 18.7 Å². The van der Waals surface area contributed by atoms with Gasteiger partial charge in [-0.15, -0.1) is 0 Å². The van der Waals surface area contributed by atoms with Gasteiger partial charge in [-0.1, -0.05) is 38.1 Å². The van der Waals surface area contributed by atoms with Gasteiger partial charge < -0.3 is 24.2 Å². The first kappa shape index (κ1) is 23.8. The second-order valence-corrected chi connectivity index (χ2v) is 9.10. The Morgan fingerprint density at radius 1 is 1.15 bits per heavy atom. The smallest absolute Gasteiger partial charge is 0.295 e. The van der Waals surface area contributed by atoms with Crippen molar-refractivity contribution in [2.75, 3.05) is 26.9 Å². The molecule has 0 radical (unpaired) electrons. The lowest BCUT2D eigenvalue weighted by molar-refractivity contribution is -0.140. The van der Waals surface area contributed by atoms with Crippen molar-refractivity contribution in [1.82, 2.24) is 4.90 Å². The Morgan fingerprint density at radius 3 is 2.62 bits per heavy atom. The predicted molar refractivity (Wildman–Crippen MR) is 128 cm³/mol. The average Bonchev–Trinajstić information content (AvgIpc) is 3.45. The molecule has 2 saturated heterocycles. The molecule has 0 spiro atoms. The number of rotatable bonds is 8. The second kappa shape index (κ2) is 10.3. The number of ether oxygens (including phenoxy) is 3. The topological polar surface area (TPSA) is 85.3 Å². The molecule has 2 atom stereocenters. The highest BCUT2D eigenvalue weighted by Crippen LogP contribution is 2.41. The molecule has 2 aromatic rings. The number of nitrogens with zero attached hydrogens (tertiary/aromatic N) is 1. The Kier molecular flexibility index (Phi) is 7.22. The number of benzene rings is 2. The number of hydrogen-bond acceptors (Lipinski definition) is 6. The van der Waals surface area contributed by atoms with Crippen LogP contribution in [-0.2, 0) is 14.3 Å². The molecule has 7 nitrogen and oxygen atoms in total. The second-order valence-electron chi connectivity index (χ2n) is 9.10. The Bertz CT molecular complexity index is 1090. The molecule has 7 heteroatoms. The zero-order chi connectivity index (χ0) is 24.2. The van der Waals surface area contributed by atoms with Gasteiger partial charge >= 0.3 is 0 Å². The third-order valence-corrected chi connectivity index (χ3v) is 6.06. The van der Waals surface area contributed by atoms with Gasteiger partial charge in [-0.3, -0.25) is 9.59 Å². The lowest BCUT2D eigenvalue weighted by Gasteiger charge is -2.27. The molecule has 0 aromatic heterocycles. The van der Waals surface area contributed by atoms with Crippen LogP contribution in [-0.4, -0.2) is 54.7 Å². The number of carbonyl (C=O) groups is 2. The summed E-state index contributed by atoms with van der Waals surface area (Å²) in [7, 11) is 1.56. The van der Waals surface area contributed by atoms with Crippen LogP contribution in [0.25, 0.3) is 5.76 Å². The summed E-state index contributed by atoms with van der Waals surface area (Å²) in [5, 5.41) is 11.3. The van der Waals surface area contributed by atoms with Gasteiger partial charge in [0.25, 0.3) is 11.7 Å². The first-order valence-corrected chi connectivity index (χ1v) is 11.7. The maximum Gasteiger partial charge on any atom is 0.295 e. The van der Waals surface area contributed by atoms with Crippen LogP contribution in [0.5, 0.6) is 11.5 Å². The monoisotopic (exact) mass is 465 g/mol. The summed E-state index contributed by atoms with van der Waals surface area (Å²) < 4.78 is 16.9. The zero-order valence-electron chi connectivity index (χ0n) is 19.8. The summed E-state index contributed by atoms with van der Waals surface area (Å²) in [6.07, 6.45) is 1.60. The SMILES string of the molecule is COc1cccc(C2/C(=C(/O)c3cccc(OCC(C)C)c3)C(=O)C(=O)N2CC2CCCO2)c1. The van der Waals surface area contributed by atoms with Crippen molar-refractivity contribution in [2.24, 2.45) is 5.92 Å². The number of likely N-dealkylation sites (tertiary alicyclic amines) is 1. The average molecular weight is 466 g/mol. The first-order valence-electron chi connectivity index (χ1n) is 11.7. The molecule has 180 valence electrons. The van der Waals surface area contributed by atoms with E-state index in [1.807, 2.05) is 19.9 Å². The van der Waals surface area contributed by atoms with Crippen LogP contribution in [0.1, 0.15) is 43.9 Å².